The van der Waals surface area contributed by atoms with Crippen LogP contribution in [0.25, 0.3) is 22.6 Å². The van der Waals surface area contributed by atoms with Gasteiger partial charge in [-0.15, -0.1) is 5.10 Å². The molecule has 1 N–H and O–H groups in total. The van der Waals surface area contributed by atoms with E-state index >= 15 is 0 Å². The Morgan fingerprint density at radius 1 is 1.19 bits per heavy atom. The van der Waals surface area contributed by atoms with Crippen molar-refractivity contribution in [3.8, 4) is 11.5 Å². The molecule has 0 radical (unpaired) electrons. The van der Waals surface area contributed by atoms with Crippen LogP contribution in [-0.4, -0.2) is 38.0 Å². The summed E-state index contributed by atoms with van der Waals surface area (Å²) in [6.07, 6.45) is 0. The molecule has 0 fully saturated rings. The van der Waals surface area contributed by atoms with Gasteiger partial charge in [-0.1, -0.05) is 45.4 Å². The number of ether oxygens (including phenoxy) is 1. The molecule has 0 aliphatic rings. The molecular formula is C18H14BrN5O2. The van der Waals surface area contributed by atoms with E-state index in [1.165, 1.54) is 7.11 Å². The van der Waals surface area contributed by atoms with Crippen molar-refractivity contribution in [3.05, 3.63) is 64.3 Å². The standard InChI is InChI=1S/C18H14BrN5O2/c1-26-18(25)15-16(17-20-13-4-2-3-5-14(13)21-17)24(23-22-15)10-11-6-8-12(19)9-7-11/h2-9H,10H2,1H3,(H,20,21). The Kier molecular flexibility index (Phi) is 4.26. The first-order valence-corrected chi connectivity index (χ1v) is 8.66. The van der Waals surface area contributed by atoms with Gasteiger partial charge in [0.15, 0.2) is 5.82 Å². The van der Waals surface area contributed by atoms with Gasteiger partial charge < -0.3 is 9.72 Å². The van der Waals surface area contributed by atoms with Gasteiger partial charge in [-0.2, -0.15) is 0 Å². The zero-order valence-electron chi connectivity index (χ0n) is 13.8. The second-order valence-electron chi connectivity index (χ2n) is 5.66. The van der Waals surface area contributed by atoms with E-state index in [9.17, 15) is 4.79 Å². The first kappa shape index (κ1) is 16.5. The summed E-state index contributed by atoms with van der Waals surface area (Å²) >= 11 is 3.42. The van der Waals surface area contributed by atoms with Gasteiger partial charge >= 0.3 is 5.97 Å². The van der Waals surface area contributed by atoms with E-state index in [2.05, 4.69) is 36.2 Å². The van der Waals surface area contributed by atoms with Crippen molar-refractivity contribution in [1.82, 2.24) is 25.0 Å². The largest absolute Gasteiger partial charge is 0.464 e. The predicted molar refractivity (Wildman–Crippen MR) is 99.7 cm³/mol. The van der Waals surface area contributed by atoms with Crippen LogP contribution in [0.2, 0.25) is 0 Å². The number of methoxy groups -OCH3 is 1. The number of imidazole rings is 1. The van der Waals surface area contributed by atoms with Crippen LogP contribution in [0.15, 0.2) is 53.0 Å². The summed E-state index contributed by atoms with van der Waals surface area (Å²) in [7, 11) is 1.32. The highest BCUT2D eigenvalue weighted by Crippen LogP contribution is 2.24. The molecule has 2 aromatic heterocycles. The van der Waals surface area contributed by atoms with Crippen LogP contribution in [0.1, 0.15) is 16.1 Å². The van der Waals surface area contributed by atoms with Gasteiger partial charge in [0.25, 0.3) is 0 Å². The number of carbonyl (C=O) groups excluding carboxylic acids is 1. The Bertz CT molecular complexity index is 1050. The number of aromatic amines is 1. The fourth-order valence-electron chi connectivity index (χ4n) is 2.72. The molecular weight excluding hydrogens is 398 g/mol. The summed E-state index contributed by atoms with van der Waals surface area (Å²) in [4.78, 5) is 19.9. The van der Waals surface area contributed by atoms with Crippen molar-refractivity contribution in [2.75, 3.05) is 7.11 Å². The number of H-pyrrole nitrogens is 1. The number of carbonyl (C=O) groups is 1. The Morgan fingerprint density at radius 2 is 1.96 bits per heavy atom. The Labute approximate surface area is 157 Å². The molecule has 0 atom stereocenters. The number of para-hydroxylation sites is 2. The SMILES string of the molecule is COC(=O)c1nnn(Cc2ccc(Br)cc2)c1-c1nc2ccccc2[nH]1. The molecule has 0 unspecified atom stereocenters. The third-order valence-electron chi connectivity index (χ3n) is 3.97. The van der Waals surface area contributed by atoms with Crippen molar-refractivity contribution >= 4 is 32.9 Å². The molecule has 0 bridgehead atoms. The molecule has 26 heavy (non-hydrogen) atoms. The predicted octanol–water partition coefficient (Wildman–Crippen LogP) is 3.42. The van der Waals surface area contributed by atoms with Crippen LogP contribution >= 0.6 is 15.9 Å². The molecule has 0 saturated heterocycles. The van der Waals surface area contributed by atoms with E-state index < -0.39 is 5.97 Å². The summed E-state index contributed by atoms with van der Waals surface area (Å²) < 4.78 is 7.49. The number of nitrogens with one attached hydrogen (secondary N) is 1. The maximum Gasteiger partial charge on any atom is 0.361 e. The lowest BCUT2D eigenvalue weighted by molar-refractivity contribution is 0.0594. The van der Waals surface area contributed by atoms with E-state index in [-0.39, 0.29) is 5.69 Å². The molecule has 0 saturated carbocycles. The van der Waals surface area contributed by atoms with Crippen LogP contribution in [0.5, 0.6) is 0 Å². The van der Waals surface area contributed by atoms with Crippen LogP contribution in [0.3, 0.4) is 0 Å². The molecule has 2 aromatic carbocycles. The molecule has 130 valence electrons. The number of halogens is 1. The normalized spacial score (nSPS) is 11.0. The van der Waals surface area contributed by atoms with Crippen molar-refractivity contribution in [1.29, 1.82) is 0 Å². The van der Waals surface area contributed by atoms with Crippen LogP contribution in [-0.2, 0) is 11.3 Å². The molecule has 8 heteroatoms. The third-order valence-corrected chi connectivity index (χ3v) is 4.50. The first-order chi connectivity index (χ1) is 12.7. The Balaban J connectivity index is 1.83. The molecule has 4 aromatic rings. The second-order valence-corrected chi connectivity index (χ2v) is 6.58. The number of esters is 1. The molecule has 0 amide bonds. The number of hydrogen-bond donors (Lipinski definition) is 1. The summed E-state index contributed by atoms with van der Waals surface area (Å²) in [5, 5.41) is 8.16. The molecule has 0 spiro atoms. The summed E-state index contributed by atoms with van der Waals surface area (Å²) in [6.45, 7) is 0.448. The molecule has 0 aliphatic carbocycles. The highest BCUT2D eigenvalue weighted by atomic mass is 79.9. The quantitative estimate of drug-likeness (QED) is 0.520. The minimum absolute atomic E-state index is 0.128. The maximum absolute atomic E-state index is 12.1. The van der Waals surface area contributed by atoms with Gasteiger partial charge in [0.05, 0.1) is 24.7 Å². The highest BCUT2D eigenvalue weighted by molar-refractivity contribution is 9.10. The Hall–Kier alpha value is -3.00. The number of rotatable bonds is 4. The average Bonchev–Trinajstić information content (AvgIpc) is 3.26. The lowest BCUT2D eigenvalue weighted by Gasteiger charge is -2.06. The van der Waals surface area contributed by atoms with Gasteiger partial charge in [0, 0.05) is 4.47 Å². The molecule has 7 nitrogen and oxygen atoms in total. The number of nitrogens with zero attached hydrogens (tertiary/aromatic N) is 4. The van der Waals surface area contributed by atoms with E-state index in [4.69, 9.17) is 4.74 Å². The molecule has 4 rings (SSSR count). The van der Waals surface area contributed by atoms with Crippen LogP contribution < -0.4 is 0 Å². The van der Waals surface area contributed by atoms with Crippen LogP contribution in [0, 0.1) is 0 Å². The maximum atomic E-state index is 12.1. The molecule has 0 aliphatic heterocycles. The van der Waals surface area contributed by atoms with Gasteiger partial charge in [-0.25, -0.2) is 14.5 Å². The number of hydrogen-bond acceptors (Lipinski definition) is 5. The van der Waals surface area contributed by atoms with Crippen molar-refractivity contribution < 1.29 is 9.53 Å². The fourth-order valence-corrected chi connectivity index (χ4v) is 2.98. The fraction of sp³-hybridized carbons (Fsp3) is 0.111. The van der Waals surface area contributed by atoms with E-state index in [1.807, 2.05) is 48.5 Å². The van der Waals surface area contributed by atoms with Crippen molar-refractivity contribution in [2.24, 2.45) is 0 Å². The van der Waals surface area contributed by atoms with Gasteiger partial charge in [-0.05, 0) is 29.8 Å². The highest BCUT2D eigenvalue weighted by Gasteiger charge is 2.24. The van der Waals surface area contributed by atoms with E-state index in [1.54, 1.807) is 4.68 Å². The van der Waals surface area contributed by atoms with Gasteiger partial charge in [0.2, 0.25) is 5.69 Å². The zero-order chi connectivity index (χ0) is 18.1. The first-order valence-electron chi connectivity index (χ1n) is 7.87. The summed E-state index contributed by atoms with van der Waals surface area (Å²) in [5.41, 5.74) is 3.32. The number of aromatic nitrogens is 5. The lowest BCUT2D eigenvalue weighted by atomic mass is 10.2. The van der Waals surface area contributed by atoms with Gasteiger partial charge in [0.1, 0.15) is 5.69 Å². The topological polar surface area (TPSA) is 85.7 Å². The lowest BCUT2D eigenvalue weighted by Crippen LogP contribution is -2.08. The van der Waals surface area contributed by atoms with Crippen molar-refractivity contribution in [3.63, 3.8) is 0 Å². The summed E-state index contributed by atoms with van der Waals surface area (Å²) in [6, 6.07) is 15.5. The third kappa shape index (κ3) is 2.99. The average molecular weight is 412 g/mol. The minimum Gasteiger partial charge on any atom is -0.464 e. The Morgan fingerprint density at radius 3 is 2.69 bits per heavy atom. The smallest absolute Gasteiger partial charge is 0.361 e. The number of benzene rings is 2. The summed E-state index contributed by atoms with van der Waals surface area (Å²) in [5.74, 6) is -0.0313. The van der Waals surface area contributed by atoms with Gasteiger partial charge in [-0.3, -0.25) is 0 Å². The second kappa shape index (κ2) is 6.72. The number of fused-ring (bicyclic) bond motifs is 1. The van der Waals surface area contributed by atoms with E-state index in [0.29, 0.717) is 18.1 Å². The monoisotopic (exact) mass is 411 g/mol. The van der Waals surface area contributed by atoms with Crippen molar-refractivity contribution in [2.45, 2.75) is 6.54 Å². The van der Waals surface area contributed by atoms with Crippen LogP contribution in [0.4, 0.5) is 0 Å². The molecule has 2 heterocycles. The minimum atomic E-state index is -0.553. The zero-order valence-corrected chi connectivity index (χ0v) is 15.4. The van der Waals surface area contributed by atoms with E-state index in [0.717, 1.165) is 21.1 Å².